The van der Waals surface area contributed by atoms with Gasteiger partial charge in [-0.25, -0.2) is 4.98 Å². The van der Waals surface area contributed by atoms with E-state index in [0.717, 1.165) is 11.1 Å². The Hall–Kier alpha value is -2.40. The number of anilines is 1. The van der Waals surface area contributed by atoms with Gasteiger partial charge < -0.3 is 15.3 Å². The second-order valence-electron chi connectivity index (χ2n) is 5.35. The summed E-state index contributed by atoms with van der Waals surface area (Å²) >= 11 is 0. The van der Waals surface area contributed by atoms with E-state index in [-0.39, 0.29) is 12.5 Å². The van der Waals surface area contributed by atoms with E-state index in [1.165, 1.54) is 0 Å². The lowest BCUT2D eigenvalue weighted by Gasteiger charge is -2.17. The number of aryl methyl sites for hydroxylation is 1. The molecule has 0 aliphatic carbocycles. The maximum absolute atomic E-state index is 12.3. The third kappa shape index (κ3) is 3.62. The number of amides is 1. The summed E-state index contributed by atoms with van der Waals surface area (Å²) in [4.78, 5) is 18.3. The van der Waals surface area contributed by atoms with Crippen molar-refractivity contribution in [2.24, 2.45) is 0 Å². The molecule has 0 fully saturated rings. The van der Waals surface area contributed by atoms with Crippen LogP contribution in [0.4, 0.5) is 5.82 Å². The summed E-state index contributed by atoms with van der Waals surface area (Å²) in [5.41, 5.74) is 2.31. The maximum Gasteiger partial charge on any atom is 0.255 e. The zero-order valence-electron chi connectivity index (χ0n) is 13.1. The third-order valence-corrected chi connectivity index (χ3v) is 3.46. The lowest BCUT2D eigenvalue weighted by atomic mass is 10.0. The van der Waals surface area contributed by atoms with Gasteiger partial charge in [0.2, 0.25) is 0 Å². The smallest absolute Gasteiger partial charge is 0.255 e. The number of rotatable bonds is 5. The van der Waals surface area contributed by atoms with Crippen LogP contribution >= 0.6 is 0 Å². The Labute approximate surface area is 130 Å². The highest BCUT2D eigenvalue weighted by molar-refractivity contribution is 5.98. The molecule has 116 valence electrons. The molecule has 0 saturated carbocycles. The van der Waals surface area contributed by atoms with E-state index in [0.29, 0.717) is 11.4 Å². The number of carbonyl (C=O) groups is 1. The van der Waals surface area contributed by atoms with Gasteiger partial charge in [0.05, 0.1) is 11.7 Å². The summed E-state index contributed by atoms with van der Waals surface area (Å²) in [6.07, 6.45) is 0.915. The zero-order valence-corrected chi connectivity index (χ0v) is 13.1. The van der Waals surface area contributed by atoms with Gasteiger partial charge in [0.1, 0.15) is 5.82 Å². The first-order valence-electron chi connectivity index (χ1n) is 7.15. The number of aliphatic hydroxyl groups excluding tert-OH is 1. The number of nitrogens with one attached hydrogen (secondary N) is 1. The number of benzene rings is 1. The standard InChI is InChI=1S/C17H21N3O2/c1-12-7-4-5-8-13(12)15(21)11-19-17(22)14-9-6-10-18-16(14)20(2)3/h4-10,15,21H,11H2,1-3H3,(H,19,22). The third-order valence-electron chi connectivity index (χ3n) is 3.46. The summed E-state index contributed by atoms with van der Waals surface area (Å²) in [6.45, 7) is 2.09. The average Bonchev–Trinajstić information content (AvgIpc) is 2.52. The van der Waals surface area contributed by atoms with Crippen molar-refractivity contribution in [1.82, 2.24) is 10.3 Å². The van der Waals surface area contributed by atoms with Gasteiger partial charge in [0, 0.05) is 26.8 Å². The monoisotopic (exact) mass is 299 g/mol. The highest BCUT2D eigenvalue weighted by Gasteiger charge is 2.16. The Balaban J connectivity index is 2.06. The molecule has 1 amide bonds. The van der Waals surface area contributed by atoms with Crippen LogP contribution in [0, 0.1) is 6.92 Å². The van der Waals surface area contributed by atoms with Crippen LogP contribution in [0.5, 0.6) is 0 Å². The summed E-state index contributed by atoms with van der Waals surface area (Å²) in [6, 6.07) is 11.0. The van der Waals surface area contributed by atoms with Crippen LogP contribution in [0.1, 0.15) is 27.6 Å². The van der Waals surface area contributed by atoms with E-state index in [9.17, 15) is 9.90 Å². The number of pyridine rings is 1. The fourth-order valence-corrected chi connectivity index (χ4v) is 2.29. The Kier molecular flexibility index (Phi) is 5.12. The molecular weight excluding hydrogens is 278 g/mol. The Bertz CT molecular complexity index is 656. The van der Waals surface area contributed by atoms with Crippen molar-refractivity contribution in [1.29, 1.82) is 0 Å². The lowest BCUT2D eigenvalue weighted by molar-refractivity contribution is 0.0916. The van der Waals surface area contributed by atoms with Crippen molar-refractivity contribution in [3.63, 3.8) is 0 Å². The molecule has 5 nitrogen and oxygen atoms in total. The van der Waals surface area contributed by atoms with Gasteiger partial charge in [0.15, 0.2) is 0 Å². The van der Waals surface area contributed by atoms with Gasteiger partial charge in [-0.15, -0.1) is 0 Å². The van der Waals surface area contributed by atoms with Crippen molar-refractivity contribution in [3.05, 3.63) is 59.3 Å². The van der Waals surface area contributed by atoms with E-state index in [4.69, 9.17) is 0 Å². The van der Waals surface area contributed by atoms with Crippen molar-refractivity contribution < 1.29 is 9.90 Å². The fraction of sp³-hybridized carbons (Fsp3) is 0.294. The maximum atomic E-state index is 12.3. The van der Waals surface area contributed by atoms with Crippen LogP contribution in [-0.2, 0) is 0 Å². The molecule has 0 aliphatic heterocycles. The molecule has 0 spiro atoms. The first kappa shape index (κ1) is 16.0. The first-order valence-corrected chi connectivity index (χ1v) is 7.15. The summed E-state index contributed by atoms with van der Waals surface area (Å²) in [7, 11) is 3.67. The van der Waals surface area contributed by atoms with Crippen LogP contribution < -0.4 is 10.2 Å². The quantitative estimate of drug-likeness (QED) is 0.885. The number of aliphatic hydroxyl groups is 1. The molecule has 1 aromatic carbocycles. The van der Waals surface area contributed by atoms with Crippen LogP contribution in [0.25, 0.3) is 0 Å². The average molecular weight is 299 g/mol. The Morgan fingerprint density at radius 3 is 2.68 bits per heavy atom. The number of hydrogen-bond donors (Lipinski definition) is 2. The van der Waals surface area contributed by atoms with E-state index < -0.39 is 6.10 Å². The van der Waals surface area contributed by atoms with E-state index in [2.05, 4.69) is 10.3 Å². The van der Waals surface area contributed by atoms with Crippen molar-refractivity contribution in [2.45, 2.75) is 13.0 Å². The SMILES string of the molecule is Cc1ccccc1C(O)CNC(=O)c1cccnc1N(C)C. The minimum atomic E-state index is -0.732. The molecule has 22 heavy (non-hydrogen) atoms. The van der Waals surface area contributed by atoms with E-state index in [1.807, 2.05) is 45.3 Å². The van der Waals surface area contributed by atoms with Gasteiger partial charge in [-0.1, -0.05) is 24.3 Å². The number of nitrogens with zero attached hydrogens (tertiary/aromatic N) is 2. The molecule has 1 aromatic heterocycles. The van der Waals surface area contributed by atoms with E-state index >= 15 is 0 Å². The highest BCUT2D eigenvalue weighted by atomic mass is 16.3. The number of carbonyl (C=O) groups excluding carboxylic acids is 1. The van der Waals surface area contributed by atoms with Crippen LogP contribution in [-0.4, -0.2) is 36.6 Å². The topological polar surface area (TPSA) is 65.5 Å². The molecule has 1 atom stereocenters. The lowest BCUT2D eigenvalue weighted by Crippen LogP contribution is -2.30. The number of hydrogen-bond acceptors (Lipinski definition) is 4. The zero-order chi connectivity index (χ0) is 16.1. The normalized spacial score (nSPS) is 11.8. The minimum Gasteiger partial charge on any atom is -0.387 e. The van der Waals surface area contributed by atoms with Crippen molar-refractivity contribution in [2.75, 3.05) is 25.5 Å². The molecule has 2 rings (SSSR count). The van der Waals surface area contributed by atoms with Crippen LogP contribution in [0.3, 0.4) is 0 Å². The second-order valence-corrected chi connectivity index (χ2v) is 5.35. The summed E-state index contributed by atoms with van der Waals surface area (Å²) < 4.78 is 0. The van der Waals surface area contributed by atoms with Crippen LogP contribution in [0.15, 0.2) is 42.6 Å². The molecule has 0 aliphatic rings. The fourth-order valence-electron chi connectivity index (χ4n) is 2.29. The minimum absolute atomic E-state index is 0.158. The summed E-state index contributed by atoms with van der Waals surface area (Å²) in [5, 5.41) is 13.0. The van der Waals surface area contributed by atoms with Gasteiger partial charge in [-0.3, -0.25) is 4.79 Å². The molecule has 2 N–H and O–H groups in total. The van der Waals surface area contributed by atoms with Gasteiger partial charge in [0.25, 0.3) is 5.91 Å². The van der Waals surface area contributed by atoms with Gasteiger partial charge >= 0.3 is 0 Å². The molecule has 5 heteroatoms. The molecule has 2 aromatic rings. The molecule has 0 saturated heterocycles. The largest absolute Gasteiger partial charge is 0.387 e. The predicted octanol–water partition coefficient (Wildman–Crippen LogP) is 1.92. The molecule has 0 radical (unpaired) electrons. The second kappa shape index (κ2) is 7.04. The first-order chi connectivity index (χ1) is 10.5. The van der Waals surface area contributed by atoms with Crippen molar-refractivity contribution in [3.8, 4) is 0 Å². The van der Waals surface area contributed by atoms with Crippen molar-refractivity contribution >= 4 is 11.7 Å². The molecule has 0 bridgehead atoms. The summed E-state index contributed by atoms with van der Waals surface area (Å²) in [5.74, 6) is 0.356. The number of aromatic nitrogens is 1. The highest BCUT2D eigenvalue weighted by Crippen LogP contribution is 2.17. The molecule has 1 heterocycles. The van der Waals surface area contributed by atoms with E-state index in [1.54, 1.807) is 23.2 Å². The van der Waals surface area contributed by atoms with Gasteiger partial charge in [-0.2, -0.15) is 0 Å². The predicted molar refractivity (Wildman–Crippen MR) is 87.0 cm³/mol. The Morgan fingerprint density at radius 2 is 2.00 bits per heavy atom. The molecule has 1 unspecified atom stereocenters. The Morgan fingerprint density at radius 1 is 1.27 bits per heavy atom. The van der Waals surface area contributed by atoms with Crippen LogP contribution in [0.2, 0.25) is 0 Å². The van der Waals surface area contributed by atoms with Gasteiger partial charge in [-0.05, 0) is 30.2 Å². The molecular formula is C17H21N3O2.